The molecule has 88 valence electrons. The van der Waals surface area contributed by atoms with Gasteiger partial charge in [-0.3, -0.25) is 4.79 Å². The van der Waals surface area contributed by atoms with Gasteiger partial charge in [0.05, 0.1) is 15.8 Å². The Labute approximate surface area is 104 Å². The summed E-state index contributed by atoms with van der Waals surface area (Å²) >= 11 is 7.11. The average molecular weight is 260 g/mol. The van der Waals surface area contributed by atoms with Crippen molar-refractivity contribution in [2.75, 3.05) is 13.2 Å². The van der Waals surface area contributed by atoms with E-state index in [1.54, 1.807) is 17.0 Å². The Kier molecular flexibility index (Phi) is 3.84. The van der Waals surface area contributed by atoms with Gasteiger partial charge >= 0.3 is 0 Å². The fourth-order valence-corrected chi connectivity index (χ4v) is 2.83. The van der Waals surface area contributed by atoms with Crippen molar-refractivity contribution >= 4 is 28.8 Å². The van der Waals surface area contributed by atoms with E-state index in [9.17, 15) is 4.79 Å². The molecular weight excluding hydrogens is 246 g/mol. The van der Waals surface area contributed by atoms with Crippen LogP contribution in [0.4, 0.5) is 0 Å². The maximum Gasteiger partial charge on any atom is 0.264 e. The molecule has 1 aliphatic rings. The van der Waals surface area contributed by atoms with Gasteiger partial charge in [0.25, 0.3) is 5.91 Å². The van der Waals surface area contributed by atoms with Crippen LogP contribution in [0.5, 0.6) is 0 Å². The molecule has 1 aliphatic carbocycles. The largest absolute Gasteiger partial charge is 0.395 e. The van der Waals surface area contributed by atoms with Crippen LogP contribution in [0.2, 0.25) is 4.34 Å². The topological polar surface area (TPSA) is 40.5 Å². The van der Waals surface area contributed by atoms with Crippen molar-refractivity contribution in [2.24, 2.45) is 0 Å². The molecule has 2 rings (SSSR count). The smallest absolute Gasteiger partial charge is 0.264 e. The summed E-state index contributed by atoms with van der Waals surface area (Å²) in [6, 6.07) is 3.79. The SMILES string of the molecule is O=C(c1ccc(Cl)s1)N(CCO)C1CCC1. The summed E-state index contributed by atoms with van der Waals surface area (Å²) in [6.07, 6.45) is 3.26. The number of carbonyl (C=O) groups excluding carboxylic acids is 1. The Morgan fingerprint density at radius 2 is 2.31 bits per heavy atom. The van der Waals surface area contributed by atoms with E-state index in [1.807, 2.05) is 0 Å². The number of rotatable bonds is 4. The molecule has 0 spiro atoms. The molecule has 0 aliphatic heterocycles. The highest BCUT2D eigenvalue weighted by molar-refractivity contribution is 7.17. The van der Waals surface area contributed by atoms with E-state index in [-0.39, 0.29) is 12.5 Å². The first-order chi connectivity index (χ1) is 7.72. The zero-order valence-electron chi connectivity index (χ0n) is 8.86. The second kappa shape index (κ2) is 5.17. The number of aliphatic hydroxyl groups is 1. The predicted octanol–water partition coefficient (Wildman–Crippen LogP) is 2.39. The summed E-state index contributed by atoms with van der Waals surface area (Å²) in [6.45, 7) is 0.431. The van der Waals surface area contributed by atoms with Crippen LogP contribution in [-0.4, -0.2) is 35.1 Å². The molecular formula is C11H14ClNO2S. The number of hydrogen-bond acceptors (Lipinski definition) is 3. The average Bonchev–Trinajstić information content (AvgIpc) is 2.60. The third-order valence-electron chi connectivity index (χ3n) is 2.90. The number of carbonyl (C=O) groups is 1. The van der Waals surface area contributed by atoms with Gasteiger partial charge < -0.3 is 10.0 Å². The standard InChI is InChI=1S/C11H14ClNO2S/c12-10-5-4-9(16-10)11(15)13(6-7-14)8-2-1-3-8/h4-5,8,14H,1-3,6-7H2. The normalized spacial score (nSPS) is 15.9. The number of aliphatic hydroxyl groups excluding tert-OH is 1. The second-order valence-electron chi connectivity index (χ2n) is 3.91. The van der Waals surface area contributed by atoms with Crippen molar-refractivity contribution in [3.8, 4) is 0 Å². The third kappa shape index (κ3) is 2.39. The number of amides is 1. The zero-order chi connectivity index (χ0) is 11.5. The first-order valence-corrected chi connectivity index (χ1v) is 6.59. The van der Waals surface area contributed by atoms with Crippen LogP contribution in [0.15, 0.2) is 12.1 Å². The minimum absolute atomic E-state index is 0.00403. The van der Waals surface area contributed by atoms with Crippen molar-refractivity contribution in [1.82, 2.24) is 4.90 Å². The first kappa shape index (κ1) is 11.9. The van der Waals surface area contributed by atoms with Gasteiger partial charge in [-0.2, -0.15) is 0 Å². The summed E-state index contributed by atoms with van der Waals surface area (Å²) in [7, 11) is 0. The number of hydrogen-bond donors (Lipinski definition) is 1. The highest BCUT2D eigenvalue weighted by Gasteiger charge is 2.29. The summed E-state index contributed by atoms with van der Waals surface area (Å²) in [5.74, 6) is -0.00403. The van der Waals surface area contributed by atoms with Gasteiger partial charge in [-0.05, 0) is 31.4 Å². The lowest BCUT2D eigenvalue weighted by atomic mass is 9.91. The van der Waals surface area contributed by atoms with Crippen molar-refractivity contribution < 1.29 is 9.90 Å². The molecule has 1 fully saturated rings. The van der Waals surface area contributed by atoms with E-state index in [0.29, 0.717) is 21.8 Å². The van der Waals surface area contributed by atoms with Gasteiger partial charge in [0.1, 0.15) is 0 Å². The monoisotopic (exact) mass is 259 g/mol. The number of thiophene rings is 1. The quantitative estimate of drug-likeness (QED) is 0.902. The van der Waals surface area contributed by atoms with Crippen molar-refractivity contribution in [2.45, 2.75) is 25.3 Å². The molecule has 0 radical (unpaired) electrons. The van der Waals surface area contributed by atoms with Crippen molar-refractivity contribution in [3.05, 3.63) is 21.3 Å². The van der Waals surface area contributed by atoms with E-state index in [1.165, 1.54) is 17.8 Å². The van der Waals surface area contributed by atoms with Crippen LogP contribution < -0.4 is 0 Å². The third-order valence-corrected chi connectivity index (χ3v) is 4.12. The maximum atomic E-state index is 12.1. The molecule has 1 aromatic heterocycles. The lowest BCUT2D eigenvalue weighted by Crippen LogP contribution is -2.45. The lowest BCUT2D eigenvalue weighted by molar-refractivity contribution is 0.0530. The Morgan fingerprint density at radius 3 is 2.75 bits per heavy atom. The lowest BCUT2D eigenvalue weighted by Gasteiger charge is -2.37. The van der Waals surface area contributed by atoms with Crippen molar-refractivity contribution in [1.29, 1.82) is 0 Å². The Balaban J connectivity index is 2.09. The predicted molar refractivity (Wildman–Crippen MR) is 65.1 cm³/mol. The van der Waals surface area contributed by atoms with E-state index in [0.717, 1.165) is 12.8 Å². The van der Waals surface area contributed by atoms with E-state index in [4.69, 9.17) is 16.7 Å². The Bertz CT molecular complexity index is 376. The summed E-state index contributed by atoms with van der Waals surface area (Å²) in [5, 5.41) is 8.99. The Hall–Kier alpha value is -0.580. The molecule has 0 unspecified atom stereocenters. The summed E-state index contributed by atoms with van der Waals surface area (Å²) in [4.78, 5) is 14.6. The maximum absolute atomic E-state index is 12.1. The highest BCUT2D eigenvalue weighted by Crippen LogP contribution is 2.28. The fraction of sp³-hybridized carbons (Fsp3) is 0.545. The van der Waals surface area contributed by atoms with Crippen LogP contribution in [0, 0.1) is 0 Å². The molecule has 0 atom stereocenters. The van der Waals surface area contributed by atoms with Gasteiger partial charge in [-0.25, -0.2) is 0 Å². The minimum atomic E-state index is -0.00403. The zero-order valence-corrected chi connectivity index (χ0v) is 10.4. The van der Waals surface area contributed by atoms with E-state index in [2.05, 4.69) is 0 Å². The molecule has 1 saturated carbocycles. The van der Waals surface area contributed by atoms with Crippen LogP contribution in [-0.2, 0) is 0 Å². The van der Waals surface area contributed by atoms with Crippen LogP contribution in [0.25, 0.3) is 0 Å². The number of halogens is 1. The van der Waals surface area contributed by atoms with E-state index >= 15 is 0 Å². The Morgan fingerprint density at radius 1 is 1.56 bits per heavy atom. The van der Waals surface area contributed by atoms with E-state index < -0.39 is 0 Å². The van der Waals surface area contributed by atoms with Crippen LogP contribution >= 0.6 is 22.9 Å². The fourth-order valence-electron chi connectivity index (χ4n) is 1.83. The molecule has 16 heavy (non-hydrogen) atoms. The molecule has 3 nitrogen and oxygen atoms in total. The minimum Gasteiger partial charge on any atom is -0.395 e. The molecule has 0 bridgehead atoms. The van der Waals surface area contributed by atoms with Crippen LogP contribution in [0.1, 0.15) is 28.9 Å². The van der Waals surface area contributed by atoms with Crippen LogP contribution in [0.3, 0.4) is 0 Å². The highest BCUT2D eigenvalue weighted by atomic mass is 35.5. The molecule has 1 amide bonds. The molecule has 1 N–H and O–H groups in total. The van der Waals surface area contributed by atoms with Gasteiger partial charge in [-0.15, -0.1) is 11.3 Å². The molecule has 5 heteroatoms. The second-order valence-corrected chi connectivity index (χ2v) is 5.63. The van der Waals surface area contributed by atoms with Gasteiger partial charge in [0, 0.05) is 12.6 Å². The molecule has 0 saturated heterocycles. The summed E-state index contributed by atoms with van der Waals surface area (Å²) < 4.78 is 0.626. The molecule has 0 aromatic carbocycles. The van der Waals surface area contributed by atoms with Crippen molar-refractivity contribution in [3.63, 3.8) is 0 Å². The molecule has 1 heterocycles. The van der Waals surface area contributed by atoms with Gasteiger partial charge in [0.15, 0.2) is 0 Å². The summed E-state index contributed by atoms with van der Waals surface area (Å²) in [5.41, 5.74) is 0. The van der Waals surface area contributed by atoms with Gasteiger partial charge in [0.2, 0.25) is 0 Å². The van der Waals surface area contributed by atoms with Gasteiger partial charge in [-0.1, -0.05) is 11.6 Å². The number of nitrogens with zero attached hydrogens (tertiary/aromatic N) is 1. The molecule has 1 aromatic rings. The first-order valence-electron chi connectivity index (χ1n) is 5.39.